The highest BCUT2D eigenvalue weighted by atomic mass is 19.1. The fraction of sp³-hybridized carbons (Fsp3) is 0.643. The number of pyridine rings is 1. The lowest BCUT2D eigenvalue weighted by atomic mass is 10.2. The van der Waals surface area contributed by atoms with Crippen LogP contribution in [0.3, 0.4) is 0 Å². The number of anilines is 1. The zero-order valence-corrected chi connectivity index (χ0v) is 12.0. The summed E-state index contributed by atoms with van der Waals surface area (Å²) >= 11 is 0. The minimum atomic E-state index is -0.280. The summed E-state index contributed by atoms with van der Waals surface area (Å²) in [6.45, 7) is 10.0. The molecule has 0 aliphatic heterocycles. The Hall–Kier alpha value is -1.16. The molecular formula is C14H24FN3. The number of hydrogen-bond acceptors (Lipinski definition) is 3. The van der Waals surface area contributed by atoms with E-state index < -0.39 is 0 Å². The highest BCUT2D eigenvalue weighted by molar-refractivity contribution is 5.46. The van der Waals surface area contributed by atoms with E-state index in [0.717, 1.165) is 17.9 Å². The second-order valence-corrected chi connectivity index (χ2v) is 5.45. The molecule has 0 aliphatic rings. The van der Waals surface area contributed by atoms with Crippen LogP contribution in [0.25, 0.3) is 0 Å². The third-order valence-corrected chi connectivity index (χ3v) is 2.61. The molecule has 0 spiro atoms. The molecule has 0 aliphatic carbocycles. The number of nitrogens with zero attached hydrogens (tertiary/aromatic N) is 2. The topological polar surface area (TPSA) is 28.2 Å². The summed E-state index contributed by atoms with van der Waals surface area (Å²) in [5.41, 5.74) is 0.909. The van der Waals surface area contributed by atoms with E-state index in [9.17, 15) is 4.39 Å². The van der Waals surface area contributed by atoms with Gasteiger partial charge in [-0.2, -0.15) is 0 Å². The molecule has 0 aromatic carbocycles. The quantitative estimate of drug-likeness (QED) is 0.845. The first-order valence-corrected chi connectivity index (χ1v) is 6.49. The third kappa shape index (κ3) is 4.61. The smallest absolute Gasteiger partial charge is 0.141 e. The molecule has 0 fully saturated rings. The summed E-state index contributed by atoms with van der Waals surface area (Å²) in [4.78, 5) is 6.30. The number of hydrogen-bond donors (Lipinski definition) is 1. The van der Waals surface area contributed by atoms with E-state index in [1.165, 1.54) is 6.20 Å². The molecule has 1 heterocycles. The lowest BCUT2D eigenvalue weighted by Gasteiger charge is -2.23. The van der Waals surface area contributed by atoms with Crippen molar-refractivity contribution in [1.82, 2.24) is 10.3 Å². The van der Waals surface area contributed by atoms with Crippen molar-refractivity contribution in [2.24, 2.45) is 5.92 Å². The van der Waals surface area contributed by atoms with E-state index in [4.69, 9.17) is 0 Å². The van der Waals surface area contributed by atoms with Crippen LogP contribution in [0.5, 0.6) is 0 Å². The number of aromatic nitrogens is 1. The van der Waals surface area contributed by atoms with Gasteiger partial charge in [0.1, 0.15) is 11.6 Å². The van der Waals surface area contributed by atoms with Gasteiger partial charge in [-0.1, -0.05) is 27.7 Å². The molecule has 0 atom stereocenters. The van der Waals surface area contributed by atoms with Crippen LogP contribution in [0, 0.1) is 11.7 Å². The van der Waals surface area contributed by atoms with Crippen LogP contribution >= 0.6 is 0 Å². The van der Waals surface area contributed by atoms with Crippen LogP contribution in [0.1, 0.15) is 33.3 Å². The second-order valence-electron chi connectivity index (χ2n) is 5.45. The molecule has 18 heavy (non-hydrogen) atoms. The Kier molecular flexibility index (Phi) is 5.54. The van der Waals surface area contributed by atoms with Gasteiger partial charge in [-0.3, -0.25) is 0 Å². The average molecular weight is 253 g/mol. The standard InChI is InChI=1S/C14H24FN3/c1-10(2)9-18(5)14-12(7-16-11(3)4)6-13(15)8-17-14/h6,8,10-11,16H,7,9H2,1-5H3. The van der Waals surface area contributed by atoms with Crippen LogP contribution in [0.2, 0.25) is 0 Å². The van der Waals surface area contributed by atoms with Crippen molar-refractivity contribution in [2.45, 2.75) is 40.3 Å². The molecule has 0 saturated heterocycles. The van der Waals surface area contributed by atoms with Gasteiger partial charge >= 0.3 is 0 Å². The molecule has 1 aromatic rings. The molecule has 0 bridgehead atoms. The molecule has 1 rings (SSSR count). The van der Waals surface area contributed by atoms with Crippen LogP contribution < -0.4 is 10.2 Å². The van der Waals surface area contributed by atoms with Crippen molar-refractivity contribution >= 4 is 5.82 Å². The monoisotopic (exact) mass is 253 g/mol. The van der Waals surface area contributed by atoms with E-state index >= 15 is 0 Å². The van der Waals surface area contributed by atoms with E-state index in [-0.39, 0.29) is 5.82 Å². The van der Waals surface area contributed by atoms with Crippen molar-refractivity contribution in [2.75, 3.05) is 18.5 Å². The SMILES string of the molecule is CC(C)CN(C)c1ncc(F)cc1CNC(C)C. The van der Waals surface area contributed by atoms with Crippen LogP contribution in [0.15, 0.2) is 12.3 Å². The highest BCUT2D eigenvalue weighted by Gasteiger charge is 2.11. The average Bonchev–Trinajstić information content (AvgIpc) is 2.25. The van der Waals surface area contributed by atoms with Gasteiger partial charge < -0.3 is 10.2 Å². The largest absolute Gasteiger partial charge is 0.359 e. The first kappa shape index (κ1) is 14.9. The molecule has 0 unspecified atom stereocenters. The van der Waals surface area contributed by atoms with E-state index in [1.807, 2.05) is 7.05 Å². The molecule has 0 saturated carbocycles. The molecule has 102 valence electrons. The Morgan fingerprint density at radius 2 is 2.00 bits per heavy atom. The Labute approximate surface area is 109 Å². The maximum atomic E-state index is 13.3. The van der Waals surface area contributed by atoms with Gasteiger partial charge in [0, 0.05) is 31.7 Å². The van der Waals surface area contributed by atoms with Gasteiger partial charge in [-0.25, -0.2) is 9.37 Å². The molecule has 4 heteroatoms. The van der Waals surface area contributed by atoms with E-state index in [1.54, 1.807) is 6.07 Å². The third-order valence-electron chi connectivity index (χ3n) is 2.61. The highest BCUT2D eigenvalue weighted by Crippen LogP contribution is 2.18. The van der Waals surface area contributed by atoms with Crippen LogP contribution in [-0.2, 0) is 6.54 Å². The van der Waals surface area contributed by atoms with Gasteiger partial charge in [-0.05, 0) is 12.0 Å². The molecule has 0 amide bonds. The van der Waals surface area contributed by atoms with Gasteiger partial charge in [-0.15, -0.1) is 0 Å². The van der Waals surface area contributed by atoms with Gasteiger partial charge in [0.15, 0.2) is 0 Å². The lowest BCUT2D eigenvalue weighted by molar-refractivity contribution is 0.573. The van der Waals surface area contributed by atoms with E-state index in [2.05, 4.69) is 42.9 Å². The first-order chi connectivity index (χ1) is 8.40. The predicted octanol–water partition coefficient (Wildman–Crippen LogP) is 2.81. The maximum Gasteiger partial charge on any atom is 0.141 e. The van der Waals surface area contributed by atoms with Crippen molar-refractivity contribution in [3.8, 4) is 0 Å². The molecule has 1 N–H and O–H groups in total. The summed E-state index contributed by atoms with van der Waals surface area (Å²) in [6.07, 6.45) is 1.28. The van der Waals surface area contributed by atoms with Crippen molar-refractivity contribution in [1.29, 1.82) is 0 Å². The minimum absolute atomic E-state index is 0.280. The Balaban J connectivity index is 2.88. The van der Waals surface area contributed by atoms with Crippen molar-refractivity contribution < 1.29 is 4.39 Å². The zero-order chi connectivity index (χ0) is 13.7. The summed E-state index contributed by atoms with van der Waals surface area (Å²) < 4.78 is 13.3. The molecular weight excluding hydrogens is 229 g/mol. The van der Waals surface area contributed by atoms with Crippen molar-refractivity contribution in [3.05, 3.63) is 23.6 Å². The minimum Gasteiger partial charge on any atom is -0.359 e. The summed E-state index contributed by atoms with van der Waals surface area (Å²) in [7, 11) is 2.00. The molecule has 3 nitrogen and oxygen atoms in total. The fourth-order valence-corrected chi connectivity index (χ4v) is 1.90. The fourth-order valence-electron chi connectivity index (χ4n) is 1.90. The molecule has 1 aromatic heterocycles. The van der Waals surface area contributed by atoms with E-state index in [0.29, 0.717) is 18.5 Å². The first-order valence-electron chi connectivity index (χ1n) is 6.49. The summed E-state index contributed by atoms with van der Waals surface area (Å²) in [5, 5.41) is 3.30. The Morgan fingerprint density at radius 1 is 1.33 bits per heavy atom. The van der Waals surface area contributed by atoms with Crippen molar-refractivity contribution in [3.63, 3.8) is 0 Å². The van der Waals surface area contributed by atoms with Gasteiger partial charge in [0.25, 0.3) is 0 Å². The van der Waals surface area contributed by atoms with Gasteiger partial charge in [0.2, 0.25) is 0 Å². The number of rotatable bonds is 6. The van der Waals surface area contributed by atoms with Gasteiger partial charge in [0.05, 0.1) is 6.20 Å². The lowest BCUT2D eigenvalue weighted by Crippen LogP contribution is -2.27. The maximum absolute atomic E-state index is 13.3. The van der Waals surface area contributed by atoms with Crippen LogP contribution in [-0.4, -0.2) is 24.6 Å². The number of halogens is 1. The Bertz CT molecular complexity index is 377. The summed E-state index contributed by atoms with van der Waals surface area (Å²) in [5.74, 6) is 1.13. The summed E-state index contributed by atoms with van der Waals surface area (Å²) in [6, 6.07) is 1.94. The second kappa shape index (κ2) is 6.69. The predicted molar refractivity (Wildman–Crippen MR) is 74.3 cm³/mol. The zero-order valence-electron chi connectivity index (χ0n) is 12.0. The van der Waals surface area contributed by atoms with Crippen LogP contribution in [0.4, 0.5) is 10.2 Å². The molecule has 0 radical (unpaired) electrons. The Morgan fingerprint density at radius 3 is 2.56 bits per heavy atom. The number of nitrogens with one attached hydrogen (secondary N) is 1. The normalized spacial score (nSPS) is 11.3.